The average molecular weight is 299 g/mol. The zero-order valence-corrected chi connectivity index (χ0v) is 13.6. The molecule has 3 nitrogen and oxygen atoms in total. The Balaban J connectivity index is 1.76. The Labute approximate surface area is 132 Å². The lowest BCUT2D eigenvalue weighted by atomic mass is 9.47. The van der Waals surface area contributed by atoms with Gasteiger partial charge < -0.3 is 5.41 Å². The van der Waals surface area contributed by atoms with Crippen molar-refractivity contribution >= 4 is 17.3 Å². The molecule has 118 valence electrons. The molecule has 0 aromatic carbocycles. The summed E-state index contributed by atoms with van der Waals surface area (Å²) < 4.78 is 0. The second-order valence-electron chi connectivity index (χ2n) is 8.42. The van der Waals surface area contributed by atoms with Gasteiger partial charge in [0, 0.05) is 24.0 Å². The summed E-state index contributed by atoms with van der Waals surface area (Å²) in [6.45, 7) is 4.45. The fourth-order valence-corrected chi connectivity index (χ4v) is 6.21. The zero-order chi connectivity index (χ0) is 15.7. The second-order valence-corrected chi connectivity index (χ2v) is 8.42. The molecule has 0 spiro atoms. The van der Waals surface area contributed by atoms with E-state index in [0.717, 1.165) is 44.1 Å². The monoisotopic (exact) mass is 299 g/mol. The molecular formula is C19H25NO2. The Bertz CT molecular complexity index is 619. The van der Waals surface area contributed by atoms with Crippen molar-refractivity contribution in [1.29, 1.82) is 5.41 Å². The summed E-state index contributed by atoms with van der Waals surface area (Å²) in [7, 11) is 0. The van der Waals surface area contributed by atoms with E-state index >= 15 is 0 Å². The molecule has 4 aliphatic rings. The molecule has 3 fully saturated rings. The molecule has 0 heterocycles. The van der Waals surface area contributed by atoms with Gasteiger partial charge >= 0.3 is 0 Å². The van der Waals surface area contributed by atoms with Crippen molar-refractivity contribution in [2.45, 2.75) is 58.8 Å². The van der Waals surface area contributed by atoms with Crippen LogP contribution in [0.1, 0.15) is 58.8 Å². The summed E-state index contributed by atoms with van der Waals surface area (Å²) in [5.74, 6) is 2.10. The zero-order valence-electron chi connectivity index (χ0n) is 13.6. The average Bonchev–Trinajstić information content (AvgIpc) is 2.77. The van der Waals surface area contributed by atoms with Crippen LogP contribution in [0.2, 0.25) is 0 Å². The molecule has 0 saturated heterocycles. The molecule has 5 atom stereocenters. The summed E-state index contributed by atoms with van der Waals surface area (Å²) in [6, 6.07) is 0. The Morgan fingerprint density at radius 1 is 1.05 bits per heavy atom. The van der Waals surface area contributed by atoms with Crippen LogP contribution in [0.15, 0.2) is 11.6 Å². The largest absolute Gasteiger partial charge is 0.305 e. The van der Waals surface area contributed by atoms with Crippen LogP contribution in [0.4, 0.5) is 0 Å². The number of carbonyl (C=O) groups is 2. The van der Waals surface area contributed by atoms with Crippen LogP contribution in [0.3, 0.4) is 0 Å². The van der Waals surface area contributed by atoms with Crippen LogP contribution < -0.4 is 0 Å². The molecular weight excluding hydrogens is 274 g/mol. The highest BCUT2D eigenvalue weighted by molar-refractivity contribution is 6.07. The van der Waals surface area contributed by atoms with Gasteiger partial charge in [-0.25, -0.2) is 0 Å². The third kappa shape index (κ3) is 1.65. The summed E-state index contributed by atoms with van der Waals surface area (Å²) in [6.07, 6.45) is 7.87. The van der Waals surface area contributed by atoms with Gasteiger partial charge in [0.2, 0.25) is 0 Å². The molecule has 3 heteroatoms. The summed E-state index contributed by atoms with van der Waals surface area (Å²) >= 11 is 0. The van der Waals surface area contributed by atoms with Gasteiger partial charge in [0.1, 0.15) is 5.78 Å². The third-order valence-corrected chi connectivity index (χ3v) is 7.54. The maximum absolute atomic E-state index is 12.4. The second kappa shape index (κ2) is 4.39. The van der Waals surface area contributed by atoms with E-state index in [2.05, 4.69) is 13.8 Å². The number of hydrogen-bond donors (Lipinski definition) is 1. The topological polar surface area (TPSA) is 58.0 Å². The number of rotatable bonds is 0. The lowest BCUT2D eigenvalue weighted by molar-refractivity contribution is -0.131. The number of hydrogen-bond acceptors (Lipinski definition) is 3. The smallest absolute Gasteiger partial charge is 0.156 e. The predicted octanol–water partition coefficient (Wildman–Crippen LogP) is 3.72. The summed E-state index contributed by atoms with van der Waals surface area (Å²) in [4.78, 5) is 24.2. The quantitative estimate of drug-likeness (QED) is 0.741. The minimum atomic E-state index is -0.135. The molecule has 3 saturated carbocycles. The molecule has 22 heavy (non-hydrogen) atoms. The highest BCUT2D eigenvalue weighted by atomic mass is 16.1. The van der Waals surface area contributed by atoms with Crippen molar-refractivity contribution in [2.24, 2.45) is 28.6 Å². The van der Waals surface area contributed by atoms with E-state index in [1.165, 1.54) is 0 Å². The highest BCUT2D eigenvalue weighted by Crippen LogP contribution is 2.63. The number of nitrogens with one attached hydrogen (secondary N) is 1. The van der Waals surface area contributed by atoms with Crippen molar-refractivity contribution in [2.75, 3.05) is 0 Å². The maximum Gasteiger partial charge on any atom is 0.156 e. The first kappa shape index (κ1) is 14.3. The van der Waals surface area contributed by atoms with Gasteiger partial charge in [-0.1, -0.05) is 13.8 Å². The lowest BCUT2D eigenvalue weighted by Crippen LogP contribution is -2.52. The molecule has 0 bridgehead atoms. The molecule has 4 rings (SSSR count). The first-order chi connectivity index (χ1) is 10.4. The molecule has 0 aliphatic heterocycles. The van der Waals surface area contributed by atoms with Crippen LogP contribution >= 0.6 is 0 Å². The predicted molar refractivity (Wildman–Crippen MR) is 84.8 cm³/mol. The first-order valence-electron chi connectivity index (χ1n) is 8.72. The van der Waals surface area contributed by atoms with Crippen LogP contribution in [0.5, 0.6) is 0 Å². The van der Waals surface area contributed by atoms with Crippen molar-refractivity contribution in [3.05, 3.63) is 11.6 Å². The maximum atomic E-state index is 12.4. The Morgan fingerprint density at radius 2 is 1.77 bits per heavy atom. The fraction of sp³-hybridized carbons (Fsp3) is 0.737. The van der Waals surface area contributed by atoms with E-state index in [1.807, 2.05) is 0 Å². The molecule has 0 amide bonds. The van der Waals surface area contributed by atoms with Gasteiger partial charge in [0.15, 0.2) is 5.78 Å². The highest BCUT2D eigenvalue weighted by Gasteiger charge is 2.59. The number of allylic oxidation sites excluding steroid dienone is 1. The minimum absolute atomic E-state index is 0.0130. The van der Waals surface area contributed by atoms with Crippen LogP contribution in [0.25, 0.3) is 0 Å². The van der Waals surface area contributed by atoms with Gasteiger partial charge in [-0.05, 0) is 66.9 Å². The first-order valence-corrected chi connectivity index (χ1v) is 8.72. The molecule has 0 aromatic rings. The number of fused-ring (bicyclic) bond motifs is 5. The van der Waals surface area contributed by atoms with E-state index in [-0.39, 0.29) is 16.6 Å². The molecule has 4 aliphatic carbocycles. The lowest BCUT2D eigenvalue weighted by Gasteiger charge is -2.56. The molecule has 0 unspecified atom stereocenters. The van der Waals surface area contributed by atoms with Gasteiger partial charge in [-0.3, -0.25) is 9.59 Å². The number of ketones is 2. The van der Waals surface area contributed by atoms with Gasteiger partial charge in [-0.15, -0.1) is 0 Å². The van der Waals surface area contributed by atoms with Crippen LogP contribution in [-0.4, -0.2) is 17.3 Å². The van der Waals surface area contributed by atoms with Crippen LogP contribution in [-0.2, 0) is 9.59 Å². The van der Waals surface area contributed by atoms with E-state index in [1.54, 1.807) is 6.08 Å². The normalized spacial score (nSPS) is 47.6. The number of carbonyl (C=O) groups excluding carboxylic acids is 2. The van der Waals surface area contributed by atoms with Gasteiger partial charge in [0.25, 0.3) is 0 Å². The minimum Gasteiger partial charge on any atom is -0.305 e. The van der Waals surface area contributed by atoms with Crippen molar-refractivity contribution in [3.8, 4) is 0 Å². The number of Topliss-reactive ketones (excluding diaryl/α,β-unsaturated/α-hetero) is 1. The molecule has 0 aromatic heterocycles. The SMILES string of the molecule is C[C@]12CCC(=O)C=C1C(=N)C[C@@H]1[C@@H]2CC[C@]2(C)C(=O)CC[C@@H]12. The van der Waals surface area contributed by atoms with Crippen molar-refractivity contribution < 1.29 is 9.59 Å². The van der Waals surface area contributed by atoms with E-state index in [0.29, 0.717) is 35.7 Å². The van der Waals surface area contributed by atoms with E-state index < -0.39 is 0 Å². The van der Waals surface area contributed by atoms with Gasteiger partial charge in [0.05, 0.1) is 0 Å². The van der Waals surface area contributed by atoms with E-state index in [9.17, 15) is 9.59 Å². The third-order valence-electron chi connectivity index (χ3n) is 7.54. The van der Waals surface area contributed by atoms with Crippen LogP contribution in [0, 0.1) is 34.0 Å². The summed E-state index contributed by atoms with van der Waals surface area (Å²) in [5, 5.41) is 8.51. The fourth-order valence-electron chi connectivity index (χ4n) is 6.21. The Kier molecular flexibility index (Phi) is 2.87. The van der Waals surface area contributed by atoms with E-state index in [4.69, 9.17) is 5.41 Å². The standard InChI is InChI=1S/C19H25NO2/c1-18-7-5-11(21)9-15(18)16(20)10-12-13-3-4-17(22)19(13,2)8-6-14(12)18/h9,12-14,20H,3-8,10H2,1-2H3/t12-,13-,14-,18+,19-/m0/s1. The Morgan fingerprint density at radius 3 is 2.55 bits per heavy atom. The Hall–Kier alpha value is -1.25. The van der Waals surface area contributed by atoms with Gasteiger partial charge in [-0.2, -0.15) is 0 Å². The summed E-state index contributed by atoms with van der Waals surface area (Å²) in [5.41, 5.74) is 1.53. The van der Waals surface area contributed by atoms with Crippen molar-refractivity contribution in [1.82, 2.24) is 0 Å². The molecule has 1 N–H and O–H groups in total. The van der Waals surface area contributed by atoms with Crippen molar-refractivity contribution in [3.63, 3.8) is 0 Å². The molecule has 0 radical (unpaired) electrons.